The van der Waals surface area contributed by atoms with Crippen LogP contribution in [0.5, 0.6) is 0 Å². The number of likely N-dealkylation sites (N-methyl/N-ethyl adjacent to an activating group) is 1. The van der Waals surface area contributed by atoms with Crippen LogP contribution < -0.4 is 10.5 Å². The van der Waals surface area contributed by atoms with Gasteiger partial charge in [-0.15, -0.1) is 0 Å². The van der Waals surface area contributed by atoms with Gasteiger partial charge in [0, 0.05) is 45.0 Å². The Morgan fingerprint density at radius 2 is 2.00 bits per heavy atom. The molecule has 0 aromatic carbocycles. The molecule has 2 saturated heterocycles. The number of piperazine rings is 1. The lowest BCUT2D eigenvalue weighted by Gasteiger charge is -2.43. The molecule has 1 N–H and O–H groups in total. The maximum Gasteiger partial charge on any atom is 0.258 e. The number of piperidine rings is 1. The van der Waals surface area contributed by atoms with E-state index in [0.717, 1.165) is 32.0 Å². The summed E-state index contributed by atoms with van der Waals surface area (Å²) in [6, 6.07) is 2.41. The average molecular weight is 328 g/mol. The second-order valence-electron chi connectivity index (χ2n) is 6.84. The number of hydrogen-bond acceptors (Lipinski definition) is 6. The lowest BCUT2D eigenvalue weighted by Crippen LogP contribution is -2.54. The highest BCUT2D eigenvalue weighted by atomic mass is 16.1. The molecule has 128 valence electrons. The molecule has 2 aliphatic heterocycles. The summed E-state index contributed by atoms with van der Waals surface area (Å²) in [7, 11) is 2.21. The minimum Gasteiger partial charge on any atom is -0.352 e. The number of pyridine rings is 1. The highest BCUT2D eigenvalue weighted by Gasteiger charge is 2.28. The van der Waals surface area contributed by atoms with Crippen LogP contribution >= 0.6 is 0 Å². The van der Waals surface area contributed by atoms with Crippen molar-refractivity contribution < 1.29 is 0 Å². The van der Waals surface area contributed by atoms with E-state index in [9.17, 15) is 4.79 Å². The summed E-state index contributed by atoms with van der Waals surface area (Å²) < 4.78 is 0. The van der Waals surface area contributed by atoms with Crippen molar-refractivity contribution in [3.63, 3.8) is 0 Å². The first-order chi connectivity index (χ1) is 11.7. The van der Waals surface area contributed by atoms with E-state index in [1.54, 1.807) is 12.3 Å². The van der Waals surface area contributed by atoms with Gasteiger partial charge in [-0.1, -0.05) is 0 Å². The van der Waals surface area contributed by atoms with Crippen LogP contribution in [0.2, 0.25) is 0 Å². The first-order valence-corrected chi connectivity index (χ1v) is 8.72. The van der Waals surface area contributed by atoms with E-state index in [4.69, 9.17) is 0 Å². The molecular formula is C17H24N6O. The minimum atomic E-state index is -0.104. The molecule has 1 unspecified atom stereocenters. The number of H-pyrrole nitrogens is 1. The van der Waals surface area contributed by atoms with E-state index in [2.05, 4.69) is 36.7 Å². The molecule has 0 saturated carbocycles. The molecule has 7 nitrogen and oxygen atoms in total. The number of aromatic amines is 1. The summed E-state index contributed by atoms with van der Waals surface area (Å²) in [6.07, 6.45) is 5.76. The first-order valence-electron chi connectivity index (χ1n) is 8.72. The number of anilines is 1. The van der Waals surface area contributed by atoms with Crippen molar-refractivity contribution in [2.75, 3.05) is 51.2 Å². The van der Waals surface area contributed by atoms with E-state index in [0.29, 0.717) is 16.9 Å². The summed E-state index contributed by atoms with van der Waals surface area (Å²) in [5.41, 5.74) is 0.597. The van der Waals surface area contributed by atoms with Crippen molar-refractivity contribution in [3.05, 3.63) is 28.9 Å². The van der Waals surface area contributed by atoms with Crippen LogP contribution in [0.25, 0.3) is 10.9 Å². The molecule has 2 aromatic rings. The van der Waals surface area contributed by atoms with Gasteiger partial charge in [-0.05, 0) is 32.5 Å². The summed E-state index contributed by atoms with van der Waals surface area (Å²) in [5, 5.41) is 0.610. The van der Waals surface area contributed by atoms with Crippen LogP contribution in [-0.4, -0.2) is 77.1 Å². The van der Waals surface area contributed by atoms with Crippen molar-refractivity contribution in [2.24, 2.45) is 0 Å². The lowest BCUT2D eigenvalue weighted by atomic mass is 10.0. The zero-order chi connectivity index (χ0) is 16.5. The van der Waals surface area contributed by atoms with Crippen LogP contribution in [0, 0.1) is 0 Å². The van der Waals surface area contributed by atoms with Crippen LogP contribution in [0.4, 0.5) is 5.82 Å². The molecule has 0 bridgehead atoms. The maximum atomic E-state index is 11.9. The van der Waals surface area contributed by atoms with E-state index < -0.39 is 0 Å². The second kappa shape index (κ2) is 6.49. The molecule has 0 amide bonds. The Bertz CT molecular complexity index is 767. The standard InChI is InChI=1S/C17H24N6O/c1-21-6-2-3-13(11-21)22-7-9-23(10-8-22)16-15-14(4-5-18-16)17(24)20-12-19-15/h4-5,12-13H,2-3,6-11H2,1H3,(H,19,20,24). The topological polar surface area (TPSA) is 68.4 Å². The second-order valence-corrected chi connectivity index (χ2v) is 6.84. The number of aromatic nitrogens is 3. The Labute approximate surface area is 141 Å². The van der Waals surface area contributed by atoms with Gasteiger partial charge in [0.1, 0.15) is 5.52 Å². The molecule has 0 radical (unpaired) electrons. The summed E-state index contributed by atoms with van der Waals surface area (Å²) in [5.74, 6) is 0.832. The molecule has 0 spiro atoms. The Morgan fingerprint density at radius 3 is 2.79 bits per heavy atom. The van der Waals surface area contributed by atoms with Crippen molar-refractivity contribution in [1.29, 1.82) is 0 Å². The molecule has 2 aliphatic rings. The normalized spacial score (nSPS) is 23.7. The Hall–Kier alpha value is -1.99. The van der Waals surface area contributed by atoms with Gasteiger partial charge in [0.05, 0.1) is 11.7 Å². The van der Waals surface area contributed by atoms with Gasteiger partial charge in [-0.25, -0.2) is 9.97 Å². The van der Waals surface area contributed by atoms with Crippen molar-refractivity contribution in [2.45, 2.75) is 18.9 Å². The molecule has 2 aromatic heterocycles. The third kappa shape index (κ3) is 2.89. The van der Waals surface area contributed by atoms with Gasteiger partial charge in [-0.3, -0.25) is 9.69 Å². The first kappa shape index (κ1) is 15.5. The highest BCUT2D eigenvalue weighted by Crippen LogP contribution is 2.23. The molecule has 2 fully saturated rings. The molecule has 0 aliphatic carbocycles. The van der Waals surface area contributed by atoms with E-state index in [1.165, 1.54) is 32.3 Å². The van der Waals surface area contributed by atoms with Crippen LogP contribution in [0.1, 0.15) is 12.8 Å². The molecule has 24 heavy (non-hydrogen) atoms. The largest absolute Gasteiger partial charge is 0.352 e. The Kier molecular flexibility index (Phi) is 4.20. The van der Waals surface area contributed by atoms with Gasteiger partial charge in [-0.2, -0.15) is 0 Å². The number of hydrogen-bond donors (Lipinski definition) is 1. The average Bonchev–Trinajstić information content (AvgIpc) is 2.62. The fraction of sp³-hybridized carbons (Fsp3) is 0.588. The molecule has 1 atom stereocenters. The summed E-state index contributed by atoms with van der Waals surface area (Å²) in [4.78, 5) is 30.7. The number of nitrogens with one attached hydrogen (secondary N) is 1. The maximum absolute atomic E-state index is 11.9. The van der Waals surface area contributed by atoms with Crippen molar-refractivity contribution in [1.82, 2.24) is 24.8 Å². The quantitative estimate of drug-likeness (QED) is 0.868. The van der Waals surface area contributed by atoms with Crippen molar-refractivity contribution >= 4 is 16.7 Å². The van der Waals surface area contributed by atoms with E-state index >= 15 is 0 Å². The number of likely N-dealkylation sites (tertiary alicyclic amines) is 1. The number of fused-ring (bicyclic) bond motifs is 1. The minimum absolute atomic E-state index is 0.104. The predicted octanol–water partition coefficient (Wildman–Crippen LogP) is 0.534. The zero-order valence-corrected chi connectivity index (χ0v) is 14.1. The fourth-order valence-electron chi connectivity index (χ4n) is 3.95. The predicted molar refractivity (Wildman–Crippen MR) is 94.5 cm³/mol. The third-order valence-corrected chi connectivity index (χ3v) is 5.27. The van der Waals surface area contributed by atoms with Gasteiger partial charge in [0.2, 0.25) is 0 Å². The number of nitrogens with zero attached hydrogens (tertiary/aromatic N) is 5. The van der Waals surface area contributed by atoms with Crippen LogP contribution in [0.15, 0.2) is 23.4 Å². The highest BCUT2D eigenvalue weighted by molar-refractivity contribution is 5.87. The Morgan fingerprint density at radius 1 is 1.17 bits per heavy atom. The van der Waals surface area contributed by atoms with Crippen LogP contribution in [-0.2, 0) is 0 Å². The fourth-order valence-corrected chi connectivity index (χ4v) is 3.95. The SMILES string of the molecule is CN1CCCC(N2CCN(c3nccc4c(=O)[nH]cnc34)CC2)C1. The van der Waals surface area contributed by atoms with Gasteiger partial charge < -0.3 is 14.8 Å². The van der Waals surface area contributed by atoms with Gasteiger partial charge in [0.25, 0.3) is 5.56 Å². The van der Waals surface area contributed by atoms with Gasteiger partial charge in [0.15, 0.2) is 5.82 Å². The van der Waals surface area contributed by atoms with Crippen LogP contribution in [0.3, 0.4) is 0 Å². The number of rotatable bonds is 2. The van der Waals surface area contributed by atoms with E-state index in [-0.39, 0.29) is 5.56 Å². The molecule has 4 rings (SSSR count). The van der Waals surface area contributed by atoms with Gasteiger partial charge >= 0.3 is 0 Å². The van der Waals surface area contributed by atoms with E-state index in [1.807, 2.05) is 0 Å². The smallest absolute Gasteiger partial charge is 0.258 e. The zero-order valence-electron chi connectivity index (χ0n) is 14.1. The third-order valence-electron chi connectivity index (χ3n) is 5.27. The molecule has 7 heteroatoms. The van der Waals surface area contributed by atoms with Crippen molar-refractivity contribution in [3.8, 4) is 0 Å². The Balaban J connectivity index is 1.50. The summed E-state index contributed by atoms with van der Waals surface area (Å²) in [6.45, 7) is 6.33. The lowest BCUT2D eigenvalue weighted by molar-refractivity contribution is 0.106. The monoisotopic (exact) mass is 328 g/mol. The summed E-state index contributed by atoms with van der Waals surface area (Å²) >= 11 is 0. The molecular weight excluding hydrogens is 304 g/mol. The molecule has 4 heterocycles.